The Bertz CT molecular complexity index is 1840. The first-order valence-electron chi connectivity index (χ1n) is 13.5. The van der Waals surface area contributed by atoms with Gasteiger partial charge in [-0.2, -0.15) is 41.5 Å². The van der Waals surface area contributed by atoms with Crippen LogP contribution in [0.4, 0.5) is 32.0 Å². The lowest BCUT2D eigenvalue weighted by atomic mass is 10.0. The van der Waals surface area contributed by atoms with Gasteiger partial charge in [0.25, 0.3) is 11.8 Å². The number of benzene rings is 1. The Hall–Kier alpha value is -4.98. The van der Waals surface area contributed by atoms with Gasteiger partial charge in [0.15, 0.2) is 17.2 Å². The standard InChI is InChI=1S/C28H22ClF6N9O2/c1-13-8-15(11-36)9-18(25(45)38-14(2)16-5-6-16)21(13)39-26(46)20-10-17(40-44(20)24-19(29)4-3-7-37-24)12-43-41-22(27(30,31)32)23(42-43)28(33,34)35/h3-4,7-10,14,16H,5-6,12H2,1-2H3,(H,38,45)(H,39,46). The SMILES string of the molecule is Cc1cc(C#N)cc(C(=O)NC(C)C2CC2)c1NC(=O)c1cc(Cn2nc(C(F)(F)F)c(C(F)(F)F)n2)nn1-c1ncccc1Cl. The molecule has 0 saturated heterocycles. The number of aromatic nitrogens is 6. The van der Waals surface area contributed by atoms with Gasteiger partial charge in [-0.3, -0.25) is 9.59 Å². The zero-order valence-electron chi connectivity index (χ0n) is 23.8. The van der Waals surface area contributed by atoms with Gasteiger partial charge in [0, 0.05) is 12.2 Å². The van der Waals surface area contributed by atoms with E-state index >= 15 is 0 Å². The van der Waals surface area contributed by atoms with Crippen molar-refractivity contribution in [2.24, 2.45) is 5.92 Å². The highest BCUT2D eigenvalue weighted by atomic mass is 35.5. The molecule has 3 aromatic heterocycles. The maximum atomic E-state index is 13.8. The number of hydrogen-bond acceptors (Lipinski definition) is 7. The number of alkyl halides is 6. The highest BCUT2D eigenvalue weighted by molar-refractivity contribution is 6.32. The zero-order valence-corrected chi connectivity index (χ0v) is 24.6. The minimum atomic E-state index is -5.45. The van der Waals surface area contributed by atoms with Gasteiger partial charge >= 0.3 is 12.4 Å². The fourth-order valence-electron chi connectivity index (χ4n) is 4.68. The maximum absolute atomic E-state index is 13.8. The largest absolute Gasteiger partial charge is 0.437 e. The summed E-state index contributed by atoms with van der Waals surface area (Å²) in [6.45, 7) is 2.60. The summed E-state index contributed by atoms with van der Waals surface area (Å²) in [5.74, 6) is -1.21. The van der Waals surface area contributed by atoms with Crippen molar-refractivity contribution in [1.82, 2.24) is 35.1 Å². The summed E-state index contributed by atoms with van der Waals surface area (Å²) in [6.07, 6.45) is -7.68. The molecule has 0 radical (unpaired) electrons. The van der Waals surface area contributed by atoms with E-state index in [-0.39, 0.29) is 49.9 Å². The van der Waals surface area contributed by atoms with Crippen LogP contribution in [0.1, 0.15) is 68.8 Å². The fourth-order valence-corrected chi connectivity index (χ4v) is 4.88. The monoisotopic (exact) mass is 665 g/mol. The minimum Gasteiger partial charge on any atom is -0.349 e. The van der Waals surface area contributed by atoms with Gasteiger partial charge in [0.05, 0.1) is 33.6 Å². The van der Waals surface area contributed by atoms with E-state index in [0.29, 0.717) is 11.5 Å². The van der Waals surface area contributed by atoms with Crippen molar-refractivity contribution in [3.05, 3.63) is 81.0 Å². The lowest BCUT2D eigenvalue weighted by Gasteiger charge is -2.18. The van der Waals surface area contributed by atoms with Crippen LogP contribution in [-0.4, -0.2) is 47.6 Å². The molecule has 1 aliphatic rings. The molecule has 1 unspecified atom stereocenters. The van der Waals surface area contributed by atoms with Crippen molar-refractivity contribution >= 4 is 29.1 Å². The van der Waals surface area contributed by atoms with Crippen molar-refractivity contribution in [2.45, 2.75) is 51.6 Å². The van der Waals surface area contributed by atoms with Crippen LogP contribution < -0.4 is 10.6 Å². The van der Waals surface area contributed by atoms with Gasteiger partial charge in [0.2, 0.25) is 0 Å². The molecule has 11 nitrogen and oxygen atoms in total. The Morgan fingerprint density at radius 2 is 1.72 bits per heavy atom. The van der Waals surface area contributed by atoms with E-state index < -0.39 is 42.1 Å². The number of anilines is 1. The van der Waals surface area contributed by atoms with E-state index in [0.717, 1.165) is 23.6 Å². The van der Waals surface area contributed by atoms with Crippen LogP contribution in [0.25, 0.3) is 5.82 Å². The van der Waals surface area contributed by atoms with E-state index in [4.69, 9.17) is 11.6 Å². The van der Waals surface area contributed by atoms with Crippen LogP contribution in [0, 0.1) is 24.2 Å². The van der Waals surface area contributed by atoms with Crippen LogP contribution in [0.3, 0.4) is 0 Å². The van der Waals surface area contributed by atoms with Crippen molar-refractivity contribution in [2.75, 3.05) is 5.32 Å². The van der Waals surface area contributed by atoms with Crippen LogP contribution >= 0.6 is 11.6 Å². The molecule has 2 N–H and O–H groups in total. The molecule has 1 atom stereocenters. The molecule has 46 heavy (non-hydrogen) atoms. The second-order valence-electron chi connectivity index (χ2n) is 10.5. The third-order valence-electron chi connectivity index (χ3n) is 7.06. The van der Waals surface area contributed by atoms with Crippen molar-refractivity contribution in [3.8, 4) is 11.9 Å². The van der Waals surface area contributed by atoms with E-state index in [1.165, 1.54) is 30.5 Å². The van der Waals surface area contributed by atoms with Crippen LogP contribution in [0.5, 0.6) is 0 Å². The number of nitriles is 1. The Balaban J connectivity index is 1.54. The Kier molecular flexibility index (Phi) is 8.51. The number of carbonyl (C=O) groups excluding carboxylic acids is 2. The molecule has 2 amide bonds. The molecule has 1 aromatic carbocycles. The summed E-state index contributed by atoms with van der Waals surface area (Å²) in [7, 11) is 0. The third kappa shape index (κ3) is 6.81. The number of aryl methyl sites for hydroxylation is 1. The lowest BCUT2D eigenvalue weighted by Crippen LogP contribution is -2.35. The number of rotatable bonds is 8. The molecule has 1 aliphatic carbocycles. The maximum Gasteiger partial charge on any atom is 0.437 e. The number of amides is 2. The number of carbonyl (C=O) groups is 2. The molecule has 5 rings (SSSR count). The third-order valence-corrected chi connectivity index (χ3v) is 7.36. The Morgan fingerprint density at radius 1 is 1.07 bits per heavy atom. The first kappa shape index (κ1) is 32.4. The molecule has 0 spiro atoms. The first-order valence-corrected chi connectivity index (χ1v) is 13.9. The van der Waals surface area contributed by atoms with Crippen LogP contribution in [0.2, 0.25) is 5.02 Å². The molecule has 1 saturated carbocycles. The predicted molar refractivity (Wildman–Crippen MR) is 149 cm³/mol. The summed E-state index contributed by atoms with van der Waals surface area (Å²) in [5, 5.41) is 25.1. The highest BCUT2D eigenvalue weighted by Crippen LogP contribution is 2.38. The number of pyridine rings is 1. The van der Waals surface area contributed by atoms with Gasteiger partial charge in [0.1, 0.15) is 12.2 Å². The fraction of sp³-hybridized carbons (Fsp3) is 0.321. The van der Waals surface area contributed by atoms with E-state index in [1.807, 2.05) is 13.0 Å². The lowest BCUT2D eigenvalue weighted by molar-refractivity contribution is -0.165. The summed E-state index contributed by atoms with van der Waals surface area (Å²) >= 11 is 6.28. The normalized spacial score (nSPS) is 14.1. The Morgan fingerprint density at radius 3 is 2.28 bits per heavy atom. The molecular weight excluding hydrogens is 644 g/mol. The summed E-state index contributed by atoms with van der Waals surface area (Å²) in [5.41, 5.74) is -4.40. The Labute approximate surface area is 261 Å². The van der Waals surface area contributed by atoms with Crippen molar-refractivity contribution < 1.29 is 35.9 Å². The smallest absolute Gasteiger partial charge is 0.349 e. The number of hydrogen-bond donors (Lipinski definition) is 2. The quantitative estimate of drug-likeness (QED) is 0.235. The van der Waals surface area contributed by atoms with Gasteiger partial charge in [-0.1, -0.05) is 11.6 Å². The molecule has 4 aromatic rings. The molecule has 3 heterocycles. The number of nitrogens with zero attached hydrogens (tertiary/aromatic N) is 7. The van der Waals surface area contributed by atoms with Gasteiger partial charge < -0.3 is 10.6 Å². The molecular formula is C28H22ClF6N9O2. The summed E-state index contributed by atoms with van der Waals surface area (Å²) in [6, 6.07) is 8.55. The van der Waals surface area contributed by atoms with Crippen LogP contribution in [-0.2, 0) is 18.9 Å². The number of nitrogens with one attached hydrogen (secondary N) is 2. The highest BCUT2D eigenvalue weighted by Gasteiger charge is 2.48. The van der Waals surface area contributed by atoms with E-state index in [1.54, 1.807) is 6.92 Å². The van der Waals surface area contributed by atoms with Crippen molar-refractivity contribution in [1.29, 1.82) is 5.26 Å². The summed E-state index contributed by atoms with van der Waals surface area (Å²) < 4.78 is 80.8. The summed E-state index contributed by atoms with van der Waals surface area (Å²) in [4.78, 5) is 31.3. The first-order chi connectivity index (χ1) is 21.6. The second-order valence-corrected chi connectivity index (χ2v) is 11.0. The zero-order chi connectivity index (χ0) is 33.6. The van der Waals surface area contributed by atoms with E-state index in [2.05, 4.69) is 30.9 Å². The topological polar surface area (TPSA) is 143 Å². The van der Waals surface area contributed by atoms with Gasteiger partial charge in [-0.25, -0.2) is 9.67 Å². The average Bonchev–Trinajstić information content (AvgIpc) is 3.60. The molecule has 18 heteroatoms. The van der Waals surface area contributed by atoms with Gasteiger partial charge in [-0.05, 0) is 68.5 Å². The number of halogens is 7. The molecule has 1 fully saturated rings. The second kappa shape index (κ2) is 12.1. The molecule has 240 valence electrons. The molecule has 0 aliphatic heterocycles. The van der Waals surface area contributed by atoms with E-state index in [9.17, 15) is 41.2 Å². The molecule has 0 bridgehead atoms. The average molecular weight is 666 g/mol. The van der Waals surface area contributed by atoms with Gasteiger partial charge in [-0.15, -0.1) is 10.2 Å². The minimum absolute atomic E-state index is 0.000316. The van der Waals surface area contributed by atoms with Crippen molar-refractivity contribution in [3.63, 3.8) is 0 Å². The predicted octanol–water partition coefficient (Wildman–Crippen LogP) is 5.56. The van der Waals surface area contributed by atoms with Crippen LogP contribution in [0.15, 0.2) is 36.5 Å².